The molecule has 1 N–H and O–H groups in total. The van der Waals surface area contributed by atoms with Crippen molar-refractivity contribution in [3.05, 3.63) is 83.2 Å². The Kier molecular flexibility index (Phi) is 3.76. The Hall–Kier alpha value is -1.97. The summed E-state index contributed by atoms with van der Waals surface area (Å²) in [4.78, 5) is 1.30. The highest BCUT2D eigenvalue weighted by atomic mass is 32.2. The van der Waals surface area contributed by atoms with Gasteiger partial charge >= 0.3 is 0 Å². The van der Waals surface area contributed by atoms with E-state index in [0.717, 1.165) is 6.54 Å². The Bertz CT molecular complexity index is 833. The van der Waals surface area contributed by atoms with Crippen molar-refractivity contribution >= 4 is 11.8 Å². The minimum absolute atomic E-state index is 0.215. The first kappa shape index (κ1) is 14.6. The summed E-state index contributed by atoms with van der Waals surface area (Å²) in [6, 6.07) is 20.0. The number of nitrogens with one attached hydrogen (secondary N) is 1. The molecule has 1 aromatic heterocycles. The van der Waals surface area contributed by atoms with Gasteiger partial charge in [0, 0.05) is 23.3 Å². The molecule has 0 spiro atoms. The van der Waals surface area contributed by atoms with Crippen LogP contribution in [-0.2, 0) is 6.54 Å². The maximum Gasteiger partial charge on any atom is 0.0737 e. The van der Waals surface area contributed by atoms with E-state index in [1.807, 2.05) is 0 Å². The lowest BCUT2D eigenvalue weighted by atomic mass is 10.0. The third-order valence-electron chi connectivity index (χ3n) is 4.65. The van der Waals surface area contributed by atoms with Crippen LogP contribution in [0.25, 0.3) is 5.69 Å². The second-order valence-corrected chi connectivity index (χ2v) is 6.84. The minimum Gasteiger partial charge on any atom is -0.319 e. The molecule has 0 saturated heterocycles. The van der Waals surface area contributed by atoms with Crippen LogP contribution in [0.4, 0.5) is 0 Å². The van der Waals surface area contributed by atoms with Gasteiger partial charge in [0.05, 0.1) is 11.7 Å². The van der Waals surface area contributed by atoms with Gasteiger partial charge in [-0.25, -0.2) is 0 Å². The molecule has 3 aromatic rings. The Morgan fingerprint density at radius 2 is 1.87 bits per heavy atom. The number of hydrogen-bond acceptors (Lipinski definition) is 2. The largest absolute Gasteiger partial charge is 0.319 e. The molecule has 1 aliphatic heterocycles. The van der Waals surface area contributed by atoms with Gasteiger partial charge in [-0.05, 0) is 60.2 Å². The predicted octanol–water partition coefficient (Wildman–Crippen LogP) is 4.70. The van der Waals surface area contributed by atoms with Crippen molar-refractivity contribution in [1.29, 1.82) is 0 Å². The average molecular weight is 320 g/mol. The highest BCUT2D eigenvalue weighted by Crippen LogP contribution is 2.32. The van der Waals surface area contributed by atoms with Crippen molar-refractivity contribution in [2.45, 2.75) is 24.4 Å². The SMILES string of the molecule is CSc1ccc(C2NCc3c(C)cccc3-n3cccc32)cc1. The van der Waals surface area contributed by atoms with Gasteiger partial charge in [0.2, 0.25) is 0 Å². The van der Waals surface area contributed by atoms with E-state index in [9.17, 15) is 0 Å². The fourth-order valence-electron chi connectivity index (χ4n) is 3.38. The molecule has 2 aromatic carbocycles. The smallest absolute Gasteiger partial charge is 0.0737 e. The van der Waals surface area contributed by atoms with E-state index in [0.29, 0.717) is 0 Å². The molecule has 23 heavy (non-hydrogen) atoms. The van der Waals surface area contributed by atoms with Crippen LogP contribution in [0.15, 0.2) is 65.7 Å². The maximum absolute atomic E-state index is 3.75. The lowest BCUT2D eigenvalue weighted by Gasteiger charge is -2.18. The molecule has 0 bridgehead atoms. The summed E-state index contributed by atoms with van der Waals surface area (Å²) in [7, 11) is 0. The normalized spacial score (nSPS) is 16.5. The lowest BCUT2D eigenvalue weighted by molar-refractivity contribution is 0.599. The van der Waals surface area contributed by atoms with Crippen molar-refractivity contribution in [3.63, 3.8) is 0 Å². The molecule has 1 unspecified atom stereocenters. The molecule has 116 valence electrons. The van der Waals surface area contributed by atoms with Crippen molar-refractivity contribution in [1.82, 2.24) is 9.88 Å². The first-order chi connectivity index (χ1) is 11.3. The van der Waals surface area contributed by atoms with E-state index in [1.165, 1.54) is 33.0 Å². The first-order valence-corrected chi connectivity index (χ1v) is 9.14. The van der Waals surface area contributed by atoms with E-state index in [1.54, 1.807) is 11.8 Å². The molecule has 0 fully saturated rings. The van der Waals surface area contributed by atoms with Gasteiger partial charge in [0.15, 0.2) is 0 Å². The fraction of sp³-hybridized carbons (Fsp3) is 0.200. The molecular weight excluding hydrogens is 300 g/mol. The Labute approximate surface area is 141 Å². The van der Waals surface area contributed by atoms with E-state index >= 15 is 0 Å². The molecule has 0 amide bonds. The van der Waals surface area contributed by atoms with Crippen LogP contribution in [0.2, 0.25) is 0 Å². The third kappa shape index (κ3) is 2.50. The van der Waals surface area contributed by atoms with Crippen LogP contribution in [0.5, 0.6) is 0 Å². The molecule has 3 heteroatoms. The predicted molar refractivity (Wildman–Crippen MR) is 97.4 cm³/mol. The quantitative estimate of drug-likeness (QED) is 0.689. The minimum atomic E-state index is 0.215. The van der Waals surface area contributed by atoms with Crippen LogP contribution >= 0.6 is 11.8 Å². The topological polar surface area (TPSA) is 17.0 Å². The summed E-state index contributed by atoms with van der Waals surface area (Å²) in [6.07, 6.45) is 4.29. The molecular formula is C20H20N2S. The molecule has 0 aliphatic carbocycles. The standard InChI is InChI=1S/C20H20N2S/c1-14-5-3-6-18-17(14)13-21-20(19-7-4-12-22(18)19)15-8-10-16(23-2)11-9-15/h3-12,20-21H,13H2,1-2H3. The molecule has 1 aliphatic rings. The van der Waals surface area contributed by atoms with Crippen LogP contribution in [0, 0.1) is 6.92 Å². The fourth-order valence-corrected chi connectivity index (χ4v) is 3.79. The van der Waals surface area contributed by atoms with Gasteiger partial charge in [-0.2, -0.15) is 0 Å². The van der Waals surface area contributed by atoms with Gasteiger partial charge in [-0.15, -0.1) is 11.8 Å². The summed E-state index contributed by atoms with van der Waals surface area (Å²) >= 11 is 1.78. The second kappa shape index (κ2) is 5.91. The Morgan fingerprint density at radius 1 is 1.04 bits per heavy atom. The van der Waals surface area contributed by atoms with Crippen LogP contribution < -0.4 is 5.32 Å². The molecule has 2 nitrogen and oxygen atoms in total. The summed E-state index contributed by atoms with van der Waals surface area (Å²) in [5.74, 6) is 0. The zero-order valence-corrected chi connectivity index (χ0v) is 14.2. The second-order valence-electron chi connectivity index (χ2n) is 5.96. The number of aromatic nitrogens is 1. The zero-order chi connectivity index (χ0) is 15.8. The van der Waals surface area contributed by atoms with E-state index in [4.69, 9.17) is 0 Å². The van der Waals surface area contributed by atoms with E-state index in [2.05, 4.69) is 83.9 Å². The summed E-state index contributed by atoms with van der Waals surface area (Å²) in [5, 5.41) is 3.75. The van der Waals surface area contributed by atoms with E-state index in [-0.39, 0.29) is 6.04 Å². The van der Waals surface area contributed by atoms with Gasteiger partial charge in [-0.3, -0.25) is 0 Å². The number of benzene rings is 2. The molecule has 0 saturated carbocycles. The monoisotopic (exact) mass is 320 g/mol. The highest BCUT2D eigenvalue weighted by Gasteiger charge is 2.23. The first-order valence-electron chi connectivity index (χ1n) is 7.91. The summed E-state index contributed by atoms with van der Waals surface area (Å²) in [6.45, 7) is 3.08. The van der Waals surface area contributed by atoms with Crippen molar-refractivity contribution in [3.8, 4) is 5.69 Å². The summed E-state index contributed by atoms with van der Waals surface area (Å²) in [5.41, 5.74) is 6.63. The van der Waals surface area contributed by atoms with Crippen molar-refractivity contribution in [2.75, 3.05) is 6.26 Å². The number of aryl methyl sites for hydroxylation is 1. The highest BCUT2D eigenvalue weighted by molar-refractivity contribution is 7.98. The van der Waals surface area contributed by atoms with Gasteiger partial charge < -0.3 is 9.88 Å². The lowest BCUT2D eigenvalue weighted by Crippen LogP contribution is -2.21. The maximum atomic E-state index is 3.75. The van der Waals surface area contributed by atoms with E-state index < -0.39 is 0 Å². The van der Waals surface area contributed by atoms with Crippen molar-refractivity contribution in [2.24, 2.45) is 0 Å². The van der Waals surface area contributed by atoms with Crippen LogP contribution in [0.1, 0.15) is 28.4 Å². The number of fused-ring (bicyclic) bond motifs is 3. The molecule has 4 rings (SSSR count). The Morgan fingerprint density at radius 3 is 2.65 bits per heavy atom. The summed E-state index contributed by atoms with van der Waals surface area (Å²) < 4.78 is 2.33. The molecule has 1 atom stereocenters. The number of thioether (sulfide) groups is 1. The number of hydrogen-bond donors (Lipinski definition) is 1. The van der Waals surface area contributed by atoms with Gasteiger partial charge in [-0.1, -0.05) is 24.3 Å². The van der Waals surface area contributed by atoms with Crippen LogP contribution in [0.3, 0.4) is 0 Å². The number of rotatable bonds is 2. The molecule has 2 heterocycles. The third-order valence-corrected chi connectivity index (χ3v) is 5.40. The number of nitrogens with zero attached hydrogens (tertiary/aromatic N) is 1. The van der Waals surface area contributed by atoms with Crippen molar-refractivity contribution < 1.29 is 0 Å². The molecule has 0 radical (unpaired) electrons. The van der Waals surface area contributed by atoms with Crippen LogP contribution in [-0.4, -0.2) is 10.8 Å². The average Bonchev–Trinajstić information content (AvgIpc) is 3.00. The van der Waals surface area contributed by atoms with Gasteiger partial charge in [0.1, 0.15) is 0 Å². The van der Waals surface area contributed by atoms with Gasteiger partial charge in [0.25, 0.3) is 0 Å². The zero-order valence-electron chi connectivity index (χ0n) is 13.4. The Balaban J connectivity index is 1.82.